The fourth-order valence-electron chi connectivity index (χ4n) is 1.48. The van der Waals surface area contributed by atoms with Gasteiger partial charge in [0.25, 0.3) is 5.91 Å². The third kappa shape index (κ3) is 1.07. The first-order valence-electron chi connectivity index (χ1n) is 3.97. The first-order chi connectivity index (χ1) is 6.24. The molecular weight excluding hydrogens is 168 g/mol. The number of fused-ring (bicyclic) bond motifs is 1. The molecular formula is C9H10N2O2. The van der Waals surface area contributed by atoms with Crippen molar-refractivity contribution >= 4 is 11.6 Å². The number of carbonyl (C=O) groups is 1. The van der Waals surface area contributed by atoms with Gasteiger partial charge in [-0.05, 0) is 12.1 Å². The standard InChI is InChI=1S/C9H10N2O2/c1-13-11-5-7-6(9(11)12)3-2-4-8(7)10/h2-4H,5,10H2,1H3. The summed E-state index contributed by atoms with van der Waals surface area (Å²) in [5.41, 5.74) is 7.86. The molecule has 0 aliphatic carbocycles. The van der Waals surface area contributed by atoms with Crippen molar-refractivity contribution in [3.05, 3.63) is 29.3 Å². The molecule has 1 aromatic rings. The molecule has 0 aromatic heterocycles. The van der Waals surface area contributed by atoms with E-state index in [1.54, 1.807) is 18.2 Å². The van der Waals surface area contributed by atoms with Gasteiger partial charge in [0.15, 0.2) is 0 Å². The summed E-state index contributed by atoms with van der Waals surface area (Å²) in [7, 11) is 1.47. The van der Waals surface area contributed by atoms with Crippen LogP contribution in [-0.4, -0.2) is 18.1 Å². The quantitative estimate of drug-likeness (QED) is 0.647. The number of benzene rings is 1. The van der Waals surface area contributed by atoms with Crippen molar-refractivity contribution in [3.8, 4) is 0 Å². The van der Waals surface area contributed by atoms with Gasteiger partial charge in [-0.15, -0.1) is 0 Å². The van der Waals surface area contributed by atoms with Crippen LogP contribution in [0.4, 0.5) is 5.69 Å². The lowest BCUT2D eigenvalue weighted by Crippen LogP contribution is -2.21. The van der Waals surface area contributed by atoms with Crippen molar-refractivity contribution in [2.75, 3.05) is 12.8 Å². The third-order valence-corrected chi connectivity index (χ3v) is 2.19. The zero-order chi connectivity index (χ0) is 9.42. The molecule has 1 heterocycles. The van der Waals surface area contributed by atoms with Crippen molar-refractivity contribution in [3.63, 3.8) is 0 Å². The van der Waals surface area contributed by atoms with Gasteiger partial charge in [0.05, 0.1) is 13.7 Å². The highest BCUT2D eigenvalue weighted by Crippen LogP contribution is 2.26. The molecule has 0 spiro atoms. The summed E-state index contributed by atoms with van der Waals surface area (Å²) in [6.45, 7) is 0.442. The molecule has 4 heteroatoms. The molecule has 68 valence electrons. The number of hydrogen-bond acceptors (Lipinski definition) is 3. The maximum Gasteiger partial charge on any atom is 0.278 e. The summed E-state index contributed by atoms with van der Waals surface area (Å²) < 4.78 is 0. The Morgan fingerprint density at radius 3 is 2.92 bits per heavy atom. The summed E-state index contributed by atoms with van der Waals surface area (Å²) in [5.74, 6) is -0.121. The van der Waals surface area contributed by atoms with Crippen LogP contribution in [0.2, 0.25) is 0 Å². The fourth-order valence-corrected chi connectivity index (χ4v) is 1.48. The summed E-state index contributed by atoms with van der Waals surface area (Å²) in [5, 5.41) is 1.29. The lowest BCUT2D eigenvalue weighted by atomic mass is 10.1. The van der Waals surface area contributed by atoms with E-state index in [1.165, 1.54) is 12.2 Å². The van der Waals surface area contributed by atoms with Crippen molar-refractivity contribution in [2.45, 2.75) is 6.54 Å². The summed E-state index contributed by atoms with van der Waals surface area (Å²) >= 11 is 0. The molecule has 1 amide bonds. The molecule has 0 saturated carbocycles. The number of hydrogen-bond donors (Lipinski definition) is 1. The number of amides is 1. The monoisotopic (exact) mass is 178 g/mol. The average molecular weight is 178 g/mol. The van der Waals surface area contributed by atoms with E-state index in [9.17, 15) is 4.79 Å². The zero-order valence-electron chi connectivity index (χ0n) is 7.28. The Labute approximate surface area is 75.8 Å². The van der Waals surface area contributed by atoms with E-state index in [2.05, 4.69) is 0 Å². The second-order valence-corrected chi connectivity index (χ2v) is 2.90. The fraction of sp³-hybridized carbons (Fsp3) is 0.222. The average Bonchev–Trinajstić information content (AvgIpc) is 2.45. The highest BCUT2D eigenvalue weighted by atomic mass is 16.7. The number of nitrogens with two attached hydrogens (primary N) is 1. The van der Waals surface area contributed by atoms with Gasteiger partial charge in [0.2, 0.25) is 0 Å². The minimum Gasteiger partial charge on any atom is -0.398 e. The van der Waals surface area contributed by atoms with Crippen molar-refractivity contribution in [2.24, 2.45) is 0 Å². The van der Waals surface area contributed by atoms with E-state index < -0.39 is 0 Å². The van der Waals surface area contributed by atoms with E-state index in [4.69, 9.17) is 10.6 Å². The van der Waals surface area contributed by atoms with Gasteiger partial charge in [-0.1, -0.05) is 6.07 Å². The molecule has 1 aliphatic heterocycles. The van der Waals surface area contributed by atoms with E-state index in [0.29, 0.717) is 17.8 Å². The van der Waals surface area contributed by atoms with Crippen LogP contribution in [0.5, 0.6) is 0 Å². The molecule has 2 rings (SSSR count). The minimum absolute atomic E-state index is 0.121. The zero-order valence-corrected chi connectivity index (χ0v) is 7.28. The largest absolute Gasteiger partial charge is 0.398 e. The van der Waals surface area contributed by atoms with Crippen LogP contribution in [-0.2, 0) is 11.4 Å². The van der Waals surface area contributed by atoms with Gasteiger partial charge in [-0.25, -0.2) is 5.06 Å². The Balaban J connectivity index is 2.49. The first-order valence-corrected chi connectivity index (χ1v) is 3.97. The van der Waals surface area contributed by atoms with Gasteiger partial charge in [-0.3, -0.25) is 9.63 Å². The number of nitrogens with zero attached hydrogens (tertiary/aromatic N) is 1. The number of carbonyl (C=O) groups excluding carboxylic acids is 1. The Morgan fingerprint density at radius 1 is 1.54 bits per heavy atom. The molecule has 2 N–H and O–H groups in total. The lowest BCUT2D eigenvalue weighted by Gasteiger charge is -2.10. The molecule has 0 saturated heterocycles. The molecule has 13 heavy (non-hydrogen) atoms. The van der Waals surface area contributed by atoms with E-state index in [1.807, 2.05) is 0 Å². The highest BCUT2D eigenvalue weighted by molar-refractivity contribution is 5.99. The summed E-state index contributed by atoms with van der Waals surface area (Å²) in [6, 6.07) is 5.31. The maximum atomic E-state index is 11.5. The first kappa shape index (κ1) is 8.07. The van der Waals surface area contributed by atoms with Crippen LogP contribution in [0.3, 0.4) is 0 Å². The number of nitrogen functional groups attached to an aromatic ring is 1. The molecule has 0 bridgehead atoms. The van der Waals surface area contributed by atoms with E-state index in [0.717, 1.165) is 5.56 Å². The second-order valence-electron chi connectivity index (χ2n) is 2.90. The van der Waals surface area contributed by atoms with Crippen LogP contribution in [0.1, 0.15) is 15.9 Å². The van der Waals surface area contributed by atoms with E-state index >= 15 is 0 Å². The maximum absolute atomic E-state index is 11.5. The molecule has 4 nitrogen and oxygen atoms in total. The normalized spacial score (nSPS) is 14.8. The van der Waals surface area contributed by atoms with Crippen LogP contribution < -0.4 is 5.73 Å². The summed E-state index contributed by atoms with van der Waals surface area (Å²) in [4.78, 5) is 16.4. The summed E-state index contributed by atoms with van der Waals surface area (Å²) in [6.07, 6.45) is 0. The highest BCUT2D eigenvalue weighted by Gasteiger charge is 2.28. The van der Waals surface area contributed by atoms with Crippen molar-refractivity contribution < 1.29 is 9.63 Å². The van der Waals surface area contributed by atoms with Gasteiger partial charge in [0.1, 0.15) is 0 Å². The third-order valence-electron chi connectivity index (χ3n) is 2.19. The van der Waals surface area contributed by atoms with E-state index in [-0.39, 0.29) is 5.91 Å². The van der Waals surface area contributed by atoms with Crippen LogP contribution in [0.15, 0.2) is 18.2 Å². The van der Waals surface area contributed by atoms with Crippen molar-refractivity contribution in [1.82, 2.24) is 5.06 Å². The Bertz CT molecular complexity index is 363. The Morgan fingerprint density at radius 2 is 2.31 bits per heavy atom. The molecule has 0 unspecified atom stereocenters. The number of hydroxylamine groups is 2. The van der Waals surface area contributed by atoms with Gasteiger partial charge in [0, 0.05) is 16.8 Å². The minimum atomic E-state index is -0.121. The lowest BCUT2D eigenvalue weighted by molar-refractivity contribution is -0.0956. The predicted molar refractivity (Wildman–Crippen MR) is 47.7 cm³/mol. The Hall–Kier alpha value is -1.55. The van der Waals surface area contributed by atoms with Crippen molar-refractivity contribution in [1.29, 1.82) is 0 Å². The van der Waals surface area contributed by atoms with Crippen LogP contribution >= 0.6 is 0 Å². The molecule has 1 aliphatic rings. The Kier molecular flexibility index (Phi) is 1.70. The molecule has 1 aromatic carbocycles. The number of rotatable bonds is 1. The van der Waals surface area contributed by atoms with Gasteiger partial charge >= 0.3 is 0 Å². The van der Waals surface area contributed by atoms with Gasteiger partial charge in [-0.2, -0.15) is 0 Å². The number of anilines is 1. The topological polar surface area (TPSA) is 55.6 Å². The van der Waals surface area contributed by atoms with Gasteiger partial charge < -0.3 is 5.73 Å². The van der Waals surface area contributed by atoms with Crippen LogP contribution in [0.25, 0.3) is 0 Å². The molecule has 0 atom stereocenters. The van der Waals surface area contributed by atoms with Crippen LogP contribution in [0, 0.1) is 0 Å². The molecule has 0 radical (unpaired) electrons. The predicted octanol–water partition coefficient (Wildman–Crippen LogP) is 0.786. The smallest absolute Gasteiger partial charge is 0.278 e. The second kappa shape index (κ2) is 2.74. The SMILES string of the molecule is CON1Cc2c(N)cccc2C1=O. The molecule has 0 fully saturated rings.